The topological polar surface area (TPSA) is 71.4 Å². The predicted octanol–water partition coefficient (Wildman–Crippen LogP) is 1.88. The molecule has 0 aromatic heterocycles. The van der Waals surface area contributed by atoms with E-state index < -0.39 is 31.9 Å². The maximum Gasteiger partial charge on any atom is 0.309 e. The molecule has 0 fully saturated rings. The highest BCUT2D eigenvalue weighted by Crippen LogP contribution is 2.24. The highest BCUT2D eigenvalue weighted by atomic mass is 32.2. The van der Waals surface area contributed by atoms with Gasteiger partial charge in [-0.1, -0.05) is 6.07 Å². The number of hydrogen-bond acceptors (Lipinski definition) is 3. The lowest BCUT2D eigenvalue weighted by Crippen LogP contribution is -2.26. The summed E-state index contributed by atoms with van der Waals surface area (Å²) in [6.45, 7) is 3.05. The summed E-state index contributed by atoms with van der Waals surface area (Å²) in [4.78, 5) is 10.6. The molecule has 6 heteroatoms. The van der Waals surface area contributed by atoms with Crippen LogP contribution < -0.4 is 0 Å². The van der Waals surface area contributed by atoms with Gasteiger partial charge in [-0.15, -0.1) is 0 Å². The zero-order valence-electron chi connectivity index (χ0n) is 10.4. The maximum absolute atomic E-state index is 13.4. The molecule has 0 amide bonds. The van der Waals surface area contributed by atoms with Gasteiger partial charge in [0.15, 0.2) is 9.84 Å². The molecule has 0 heterocycles. The average Bonchev–Trinajstić information content (AvgIpc) is 2.18. The molecule has 0 spiro atoms. The molecule has 1 aromatic carbocycles. The van der Waals surface area contributed by atoms with Crippen LogP contribution in [0.2, 0.25) is 0 Å². The van der Waals surface area contributed by atoms with Crippen molar-refractivity contribution in [3.05, 3.63) is 29.6 Å². The first-order valence-corrected chi connectivity index (χ1v) is 7.15. The minimum absolute atomic E-state index is 0.130. The summed E-state index contributed by atoms with van der Waals surface area (Å²) < 4.78 is 36.1. The molecule has 0 saturated carbocycles. The molecule has 0 aliphatic carbocycles. The van der Waals surface area contributed by atoms with Gasteiger partial charge in [-0.05, 0) is 38.0 Å². The number of hydrogen-bond donors (Lipinski definition) is 1. The van der Waals surface area contributed by atoms with Crippen molar-refractivity contribution in [2.45, 2.75) is 25.2 Å². The smallest absolute Gasteiger partial charge is 0.309 e. The van der Waals surface area contributed by atoms with E-state index in [1.54, 1.807) is 0 Å². The van der Waals surface area contributed by atoms with Crippen molar-refractivity contribution < 1.29 is 22.7 Å². The fourth-order valence-corrected chi connectivity index (χ4v) is 2.32. The summed E-state index contributed by atoms with van der Waals surface area (Å²) in [5.74, 6) is -1.82. The second-order valence-electron chi connectivity index (χ2n) is 4.90. The molecule has 1 aromatic rings. The normalized spacial score (nSPS) is 12.4. The lowest BCUT2D eigenvalue weighted by atomic mass is 9.86. The van der Waals surface area contributed by atoms with Gasteiger partial charge in [0, 0.05) is 6.26 Å². The van der Waals surface area contributed by atoms with E-state index in [1.807, 2.05) is 0 Å². The molecule has 0 bridgehead atoms. The Morgan fingerprint density at radius 3 is 2.39 bits per heavy atom. The van der Waals surface area contributed by atoms with Gasteiger partial charge in [0.1, 0.15) is 10.7 Å². The van der Waals surface area contributed by atoms with Gasteiger partial charge in [0.2, 0.25) is 0 Å². The van der Waals surface area contributed by atoms with Gasteiger partial charge >= 0.3 is 5.97 Å². The molecule has 0 atom stereocenters. The maximum atomic E-state index is 13.4. The van der Waals surface area contributed by atoms with Crippen molar-refractivity contribution in [3.8, 4) is 0 Å². The molecule has 100 valence electrons. The third-order valence-corrected chi connectivity index (χ3v) is 3.73. The second-order valence-corrected chi connectivity index (χ2v) is 6.89. The summed E-state index contributed by atoms with van der Waals surface area (Å²) in [7, 11) is -3.65. The van der Waals surface area contributed by atoms with Crippen LogP contribution in [0.15, 0.2) is 23.1 Å². The minimum atomic E-state index is -3.65. The summed E-state index contributed by atoms with van der Waals surface area (Å²) in [5, 5.41) is 8.99. The van der Waals surface area contributed by atoms with E-state index in [1.165, 1.54) is 26.0 Å². The van der Waals surface area contributed by atoms with Crippen LogP contribution in [-0.4, -0.2) is 25.7 Å². The van der Waals surface area contributed by atoms with E-state index in [-0.39, 0.29) is 6.42 Å². The number of halogens is 1. The molecule has 18 heavy (non-hydrogen) atoms. The summed E-state index contributed by atoms with van der Waals surface area (Å²) in [6.07, 6.45) is 1.04. The van der Waals surface area contributed by atoms with Crippen molar-refractivity contribution >= 4 is 15.8 Å². The Balaban J connectivity index is 3.19. The third-order valence-electron chi connectivity index (χ3n) is 2.62. The van der Waals surface area contributed by atoms with Gasteiger partial charge in [0.25, 0.3) is 0 Å². The Morgan fingerprint density at radius 1 is 1.39 bits per heavy atom. The number of rotatable bonds is 4. The summed E-state index contributed by atoms with van der Waals surface area (Å²) in [6, 6.07) is 3.63. The van der Waals surface area contributed by atoms with Crippen LogP contribution in [0.25, 0.3) is 0 Å². The first-order valence-electron chi connectivity index (χ1n) is 5.26. The van der Waals surface area contributed by atoms with Gasteiger partial charge in [-0.3, -0.25) is 4.79 Å². The van der Waals surface area contributed by atoms with E-state index >= 15 is 0 Å². The van der Waals surface area contributed by atoms with Crippen molar-refractivity contribution in [2.24, 2.45) is 5.41 Å². The van der Waals surface area contributed by atoms with Gasteiger partial charge in [-0.25, -0.2) is 12.8 Å². The van der Waals surface area contributed by atoms with Crippen LogP contribution in [0, 0.1) is 11.2 Å². The van der Waals surface area contributed by atoms with E-state index in [4.69, 9.17) is 5.11 Å². The fraction of sp³-hybridized carbons (Fsp3) is 0.417. The quantitative estimate of drug-likeness (QED) is 0.910. The van der Waals surface area contributed by atoms with E-state index in [2.05, 4.69) is 0 Å². The number of benzene rings is 1. The van der Waals surface area contributed by atoms with E-state index in [0.29, 0.717) is 5.56 Å². The Bertz CT molecular complexity index is 576. The van der Waals surface area contributed by atoms with Crippen molar-refractivity contribution in [2.75, 3.05) is 6.26 Å². The SMILES string of the molecule is CC(C)(Cc1ccc(F)c(S(C)(=O)=O)c1)C(=O)O. The highest BCUT2D eigenvalue weighted by Gasteiger charge is 2.28. The number of carboxylic acid groups (broad SMARTS) is 1. The summed E-state index contributed by atoms with van der Waals surface area (Å²) >= 11 is 0. The zero-order valence-corrected chi connectivity index (χ0v) is 11.2. The molecule has 0 aliphatic rings. The lowest BCUT2D eigenvalue weighted by molar-refractivity contribution is -0.146. The Kier molecular flexibility index (Phi) is 3.81. The Hall–Kier alpha value is -1.43. The van der Waals surface area contributed by atoms with Gasteiger partial charge < -0.3 is 5.11 Å². The first kappa shape index (κ1) is 14.6. The van der Waals surface area contributed by atoms with E-state index in [0.717, 1.165) is 12.3 Å². The number of aliphatic carboxylic acids is 1. The van der Waals surface area contributed by atoms with Crippen LogP contribution in [0.3, 0.4) is 0 Å². The fourth-order valence-electron chi connectivity index (χ4n) is 1.53. The Labute approximate surface area is 105 Å². The summed E-state index contributed by atoms with van der Waals surface area (Å²) in [5.41, 5.74) is -0.559. The average molecular weight is 274 g/mol. The standard InChI is InChI=1S/C12H15FO4S/c1-12(2,11(14)15)7-8-4-5-9(13)10(6-8)18(3,16)17/h4-6H,7H2,1-3H3,(H,14,15). The van der Waals surface area contributed by atoms with Crippen molar-refractivity contribution in [1.82, 2.24) is 0 Å². The molecule has 0 saturated heterocycles. The number of carboxylic acids is 1. The molecule has 1 N–H and O–H groups in total. The molecular weight excluding hydrogens is 259 g/mol. The van der Waals surface area contributed by atoms with Crippen LogP contribution in [0.5, 0.6) is 0 Å². The third kappa shape index (κ3) is 3.29. The molecular formula is C12H15FO4S. The monoisotopic (exact) mass is 274 g/mol. The van der Waals surface area contributed by atoms with Crippen molar-refractivity contribution in [1.29, 1.82) is 0 Å². The van der Waals surface area contributed by atoms with Crippen LogP contribution in [0.1, 0.15) is 19.4 Å². The molecule has 1 rings (SSSR count). The molecule has 0 aliphatic heterocycles. The van der Waals surface area contributed by atoms with Crippen LogP contribution in [-0.2, 0) is 21.1 Å². The molecule has 0 unspecified atom stereocenters. The predicted molar refractivity (Wildman–Crippen MR) is 64.6 cm³/mol. The minimum Gasteiger partial charge on any atom is -0.481 e. The van der Waals surface area contributed by atoms with Gasteiger partial charge in [0.05, 0.1) is 5.41 Å². The molecule has 0 radical (unpaired) electrons. The highest BCUT2D eigenvalue weighted by molar-refractivity contribution is 7.90. The van der Waals surface area contributed by atoms with E-state index in [9.17, 15) is 17.6 Å². The van der Waals surface area contributed by atoms with Crippen LogP contribution >= 0.6 is 0 Å². The zero-order chi connectivity index (χ0) is 14.1. The molecule has 4 nitrogen and oxygen atoms in total. The first-order chi connectivity index (χ1) is 8.04. The second kappa shape index (κ2) is 4.68. The van der Waals surface area contributed by atoms with Crippen LogP contribution in [0.4, 0.5) is 4.39 Å². The lowest BCUT2D eigenvalue weighted by Gasteiger charge is -2.19. The Morgan fingerprint density at radius 2 is 1.94 bits per heavy atom. The number of carbonyl (C=O) groups is 1. The number of sulfone groups is 1. The van der Waals surface area contributed by atoms with Gasteiger partial charge in [-0.2, -0.15) is 0 Å². The van der Waals surface area contributed by atoms with Crippen molar-refractivity contribution in [3.63, 3.8) is 0 Å². The largest absolute Gasteiger partial charge is 0.481 e.